The Morgan fingerprint density at radius 1 is 1.06 bits per heavy atom. The Kier molecular flexibility index (Phi) is 7.00. The highest BCUT2D eigenvalue weighted by Crippen LogP contribution is 2.29. The lowest BCUT2D eigenvalue weighted by molar-refractivity contribution is 0.613. The van der Waals surface area contributed by atoms with E-state index in [4.69, 9.17) is 0 Å². The number of aromatic amines is 2. The minimum absolute atomic E-state index is 0.353. The Balaban J connectivity index is 0.00000119. The maximum Gasteiger partial charge on any atom is 0.123 e. The minimum Gasteiger partial charge on any atom is -0.341 e. The molecule has 0 unspecified atom stereocenters. The van der Waals surface area contributed by atoms with E-state index in [0.717, 1.165) is 66.4 Å². The molecule has 164 valence electrons. The van der Waals surface area contributed by atoms with Crippen LogP contribution in [-0.4, -0.2) is 33.0 Å². The molecule has 32 heavy (non-hydrogen) atoms. The van der Waals surface area contributed by atoms with Crippen LogP contribution < -0.4 is 10.6 Å². The zero-order chi connectivity index (χ0) is 22.3. The van der Waals surface area contributed by atoms with Crippen LogP contribution in [0.4, 0.5) is 0 Å². The topological polar surface area (TPSA) is 81.4 Å². The predicted molar refractivity (Wildman–Crippen MR) is 131 cm³/mol. The van der Waals surface area contributed by atoms with Gasteiger partial charge in [-0.15, -0.1) is 12.8 Å². The van der Waals surface area contributed by atoms with E-state index in [1.54, 1.807) is 0 Å². The van der Waals surface area contributed by atoms with E-state index in [9.17, 15) is 0 Å². The summed E-state index contributed by atoms with van der Waals surface area (Å²) in [6, 6.07) is 15.4. The number of H-pyrrole nitrogens is 2. The van der Waals surface area contributed by atoms with Crippen LogP contribution in [0, 0.1) is 12.8 Å². The number of fused-ring (bicyclic) bond motifs is 1. The van der Waals surface area contributed by atoms with Gasteiger partial charge in [0.05, 0.1) is 35.5 Å². The van der Waals surface area contributed by atoms with Crippen molar-refractivity contribution in [2.45, 2.75) is 38.8 Å². The Hall–Kier alpha value is -3.40. The number of hydrogen-bond donors (Lipinski definition) is 4. The van der Waals surface area contributed by atoms with Crippen LogP contribution in [-0.2, 0) is 6.54 Å². The van der Waals surface area contributed by atoms with Crippen molar-refractivity contribution < 1.29 is 0 Å². The quantitative estimate of drug-likeness (QED) is 0.253. The van der Waals surface area contributed by atoms with Gasteiger partial charge in [-0.1, -0.05) is 31.2 Å². The molecule has 6 heteroatoms. The van der Waals surface area contributed by atoms with E-state index >= 15 is 0 Å². The molecule has 5 rings (SSSR count). The molecule has 0 spiro atoms. The fourth-order valence-electron chi connectivity index (χ4n) is 4.15. The molecule has 1 atom stereocenters. The third-order valence-corrected chi connectivity index (χ3v) is 5.74. The van der Waals surface area contributed by atoms with Crippen molar-refractivity contribution in [3.05, 3.63) is 60.3 Å². The third-order valence-electron chi connectivity index (χ3n) is 5.74. The molecule has 2 aromatic carbocycles. The van der Waals surface area contributed by atoms with Crippen molar-refractivity contribution in [3.63, 3.8) is 0 Å². The maximum atomic E-state index is 4.69. The summed E-state index contributed by atoms with van der Waals surface area (Å²) in [6.45, 7) is 5.01. The second kappa shape index (κ2) is 10.3. The minimum atomic E-state index is 0.353. The molecule has 1 fully saturated rings. The summed E-state index contributed by atoms with van der Waals surface area (Å²) in [6.07, 6.45) is 13.4. The van der Waals surface area contributed by atoms with Gasteiger partial charge in [0.1, 0.15) is 11.6 Å². The number of nitrogens with zero attached hydrogens (tertiary/aromatic N) is 2. The van der Waals surface area contributed by atoms with Crippen LogP contribution in [0.3, 0.4) is 0 Å². The highest BCUT2D eigenvalue weighted by molar-refractivity contribution is 5.83. The zero-order valence-corrected chi connectivity index (χ0v) is 18.5. The number of terminal acetylenes is 1. The van der Waals surface area contributed by atoms with Crippen LogP contribution in [0.15, 0.2) is 48.7 Å². The van der Waals surface area contributed by atoms with Gasteiger partial charge in [0.25, 0.3) is 0 Å². The molecule has 0 saturated carbocycles. The molecular formula is C26H30N6. The van der Waals surface area contributed by atoms with Crippen molar-refractivity contribution in [1.82, 2.24) is 30.6 Å². The van der Waals surface area contributed by atoms with Gasteiger partial charge in [-0.2, -0.15) is 0 Å². The van der Waals surface area contributed by atoms with Gasteiger partial charge in [0, 0.05) is 5.56 Å². The van der Waals surface area contributed by atoms with Crippen LogP contribution >= 0.6 is 0 Å². The van der Waals surface area contributed by atoms with Crippen molar-refractivity contribution in [2.24, 2.45) is 0 Å². The molecule has 1 aliphatic heterocycles. The van der Waals surface area contributed by atoms with Gasteiger partial charge in [0.15, 0.2) is 0 Å². The summed E-state index contributed by atoms with van der Waals surface area (Å²) in [5.74, 6) is 2.02. The van der Waals surface area contributed by atoms with Crippen molar-refractivity contribution in [3.8, 4) is 35.2 Å². The normalized spacial score (nSPS) is 15.5. The van der Waals surface area contributed by atoms with Crippen LogP contribution in [0.1, 0.15) is 43.9 Å². The number of nitrogens with one attached hydrogen (secondary N) is 4. The number of rotatable bonds is 7. The summed E-state index contributed by atoms with van der Waals surface area (Å²) in [7, 11) is 0. The second-order valence-corrected chi connectivity index (χ2v) is 8.00. The molecule has 1 aliphatic rings. The Morgan fingerprint density at radius 2 is 1.91 bits per heavy atom. The third kappa shape index (κ3) is 4.75. The highest BCUT2D eigenvalue weighted by Gasteiger charge is 2.19. The smallest absolute Gasteiger partial charge is 0.123 e. The first-order valence-electron chi connectivity index (χ1n) is 11.2. The first kappa shape index (κ1) is 21.8. The zero-order valence-electron chi connectivity index (χ0n) is 18.5. The molecule has 4 aromatic rings. The maximum absolute atomic E-state index is 4.69. The SMILES string of the molecule is C#C.CCCNCc1nc2ccc(-c3cccc(-c4cnc([C@@H]5CCCN5)[nH]4)c3)cc2[nH]1. The van der Waals surface area contributed by atoms with Crippen LogP contribution in [0.5, 0.6) is 0 Å². The van der Waals surface area contributed by atoms with Gasteiger partial charge >= 0.3 is 0 Å². The van der Waals surface area contributed by atoms with Crippen molar-refractivity contribution >= 4 is 11.0 Å². The van der Waals surface area contributed by atoms with E-state index < -0.39 is 0 Å². The molecule has 0 aliphatic carbocycles. The summed E-state index contributed by atoms with van der Waals surface area (Å²) >= 11 is 0. The lowest BCUT2D eigenvalue weighted by Crippen LogP contribution is -2.14. The van der Waals surface area contributed by atoms with Crippen molar-refractivity contribution in [2.75, 3.05) is 13.1 Å². The highest BCUT2D eigenvalue weighted by atomic mass is 15.0. The number of imidazole rings is 2. The van der Waals surface area contributed by atoms with Gasteiger partial charge in [0.2, 0.25) is 0 Å². The molecule has 3 heterocycles. The van der Waals surface area contributed by atoms with Gasteiger partial charge < -0.3 is 20.6 Å². The largest absolute Gasteiger partial charge is 0.341 e. The fourth-order valence-corrected chi connectivity index (χ4v) is 4.15. The predicted octanol–water partition coefficient (Wildman–Crippen LogP) is 4.79. The standard InChI is InChI=1S/C24H28N6.C2H2/c1-2-10-25-15-23-28-19-9-8-17(13-21(19)29-23)16-5-3-6-18(12-16)22-14-27-24(30-22)20-7-4-11-26-20;1-2/h3,5-6,8-9,12-14,20,25-26H,2,4,7,10-11,15H2,1H3,(H,27,30)(H,28,29);1-2H/t20-;/m0./s1. The molecule has 6 nitrogen and oxygen atoms in total. The summed E-state index contributed by atoms with van der Waals surface area (Å²) in [5, 5.41) is 6.90. The number of hydrogen-bond acceptors (Lipinski definition) is 4. The van der Waals surface area contributed by atoms with Gasteiger partial charge in [-0.3, -0.25) is 0 Å². The van der Waals surface area contributed by atoms with Crippen molar-refractivity contribution in [1.29, 1.82) is 0 Å². The summed E-state index contributed by atoms with van der Waals surface area (Å²) in [4.78, 5) is 16.3. The average molecular weight is 427 g/mol. The number of aromatic nitrogens is 4. The first-order chi connectivity index (χ1) is 15.8. The van der Waals surface area contributed by atoms with E-state index in [-0.39, 0.29) is 0 Å². The molecule has 0 amide bonds. The van der Waals surface area contributed by atoms with E-state index in [1.165, 1.54) is 17.5 Å². The average Bonchev–Trinajstić information content (AvgIpc) is 3.60. The fraction of sp³-hybridized carbons (Fsp3) is 0.308. The van der Waals surface area contributed by atoms with Gasteiger partial charge in [-0.25, -0.2) is 9.97 Å². The lowest BCUT2D eigenvalue weighted by Gasteiger charge is -2.06. The molecule has 0 bridgehead atoms. The Labute approximate surface area is 189 Å². The second-order valence-electron chi connectivity index (χ2n) is 8.00. The molecule has 0 radical (unpaired) electrons. The van der Waals surface area contributed by atoms with E-state index in [0.29, 0.717) is 6.04 Å². The summed E-state index contributed by atoms with van der Waals surface area (Å²) in [5.41, 5.74) is 6.65. The first-order valence-corrected chi connectivity index (χ1v) is 11.2. The van der Waals surface area contributed by atoms with E-state index in [2.05, 4.69) is 92.8 Å². The molecule has 2 aromatic heterocycles. The van der Waals surface area contributed by atoms with Crippen LogP contribution in [0.2, 0.25) is 0 Å². The Bertz CT molecular complexity index is 1180. The van der Waals surface area contributed by atoms with E-state index in [1.807, 2.05) is 6.20 Å². The lowest BCUT2D eigenvalue weighted by atomic mass is 10.0. The number of benzene rings is 2. The summed E-state index contributed by atoms with van der Waals surface area (Å²) < 4.78 is 0. The Morgan fingerprint density at radius 3 is 2.72 bits per heavy atom. The molecule has 4 N–H and O–H groups in total. The van der Waals surface area contributed by atoms with Gasteiger partial charge in [-0.05, 0) is 61.7 Å². The van der Waals surface area contributed by atoms with Crippen LogP contribution in [0.25, 0.3) is 33.4 Å². The molecular weight excluding hydrogens is 396 g/mol. The monoisotopic (exact) mass is 426 g/mol. The molecule has 1 saturated heterocycles.